The highest BCUT2D eigenvalue weighted by Gasteiger charge is 2.33. The number of alkyl halides is 3. The molecule has 0 bridgehead atoms. The van der Waals surface area contributed by atoms with Crippen molar-refractivity contribution in [2.24, 2.45) is 0 Å². The first kappa shape index (κ1) is 18.5. The Morgan fingerprint density at radius 2 is 1.73 bits per heavy atom. The molecule has 0 unspecified atom stereocenters. The van der Waals surface area contributed by atoms with Gasteiger partial charge in [0.2, 0.25) is 0 Å². The molecule has 0 spiro atoms. The average molecular weight is 448 g/mol. The first-order valence-electron chi connectivity index (χ1n) is 7.00. The van der Waals surface area contributed by atoms with Gasteiger partial charge in [-0.1, -0.05) is 15.9 Å². The number of rotatable bonds is 3. The molecule has 0 aliphatic rings. The molecule has 136 valence electrons. The van der Waals surface area contributed by atoms with Crippen molar-refractivity contribution in [1.29, 1.82) is 0 Å². The quantitative estimate of drug-likeness (QED) is 0.604. The fourth-order valence-electron chi connectivity index (χ4n) is 2.24. The molecule has 0 radical (unpaired) electrons. The Bertz CT molecular complexity index is 1160. The van der Waals surface area contributed by atoms with Crippen LogP contribution in [0.2, 0.25) is 0 Å². The Kier molecular flexibility index (Phi) is 4.57. The van der Waals surface area contributed by atoms with Gasteiger partial charge in [-0.05, 0) is 42.5 Å². The molecule has 0 fully saturated rings. The first-order valence-corrected chi connectivity index (χ1v) is 9.27. The SMILES string of the molecule is O=c1ccc2cc(S(=O)(=O)Nc3ccc(Br)c(C(F)(F)F)c3)ccc2o1. The van der Waals surface area contributed by atoms with Gasteiger partial charge in [0.15, 0.2) is 0 Å². The van der Waals surface area contributed by atoms with Gasteiger partial charge < -0.3 is 4.42 Å². The molecule has 0 atom stereocenters. The number of anilines is 1. The highest BCUT2D eigenvalue weighted by atomic mass is 79.9. The maximum atomic E-state index is 12.9. The second-order valence-corrected chi connectivity index (χ2v) is 7.79. The Hall–Kier alpha value is -2.33. The van der Waals surface area contributed by atoms with Crippen molar-refractivity contribution >= 4 is 42.6 Å². The number of nitrogens with one attached hydrogen (secondary N) is 1. The third-order valence-corrected chi connectivity index (χ3v) is 5.50. The zero-order valence-corrected chi connectivity index (χ0v) is 15.1. The fraction of sp³-hybridized carbons (Fsp3) is 0.0625. The lowest BCUT2D eigenvalue weighted by Gasteiger charge is -2.13. The van der Waals surface area contributed by atoms with Crippen molar-refractivity contribution in [3.05, 3.63) is 69.0 Å². The smallest absolute Gasteiger partial charge is 0.417 e. The molecular formula is C16H9BrF3NO4S. The summed E-state index contributed by atoms with van der Waals surface area (Å²) < 4.78 is 70.6. The van der Waals surface area contributed by atoms with Crippen LogP contribution >= 0.6 is 15.9 Å². The van der Waals surface area contributed by atoms with E-state index in [-0.39, 0.29) is 20.6 Å². The minimum absolute atomic E-state index is 0.185. The molecule has 10 heteroatoms. The van der Waals surface area contributed by atoms with Crippen molar-refractivity contribution in [2.75, 3.05) is 4.72 Å². The van der Waals surface area contributed by atoms with Gasteiger partial charge in [0, 0.05) is 21.6 Å². The summed E-state index contributed by atoms with van der Waals surface area (Å²) in [5.41, 5.74) is -1.63. The van der Waals surface area contributed by atoms with Crippen LogP contribution in [-0.4, -0.2) is 8.42 Å². The molecule has 0 amide bonds. The molecule has 1 aromatic heterocycles. The molecular weight excluding hydrogens is 439 g/mol. The molecule has 0 saturated heterocycles. The molecule has 5 nitrogen and oxygen atoms in total. The number of halogens is 4. The Morgan fingerprint density at radius 3 is 2.42 bits per heavy atom. The van der Waals surface area contributed by atoms with E-state index in [9.17, 15) is 26.4 Å². The van der Waals surface area contributed by atoms with Crippen LogP contribution in [0.3, 0.4) is 0 Å². The van der Waals surface area contributed by atoms with E-state index in [0.29, 0.717) is 11.5 Å². The number of fused-ring (bicyclic) bond motifs is 1. The van der Waals surface area contributed by atoms with Gasteiger partial charge in [0.25, 0.3) is 10.0 Å². The molecule has 1 N–H and O–H groups in total. The second-order valence-electron chi connectivity index (χ2n) is 5.25. The van der Waals surface area contributed by atoms with Crippen LogP contribution in [0.4, 0.5) is 18.9 Å². The lowest BCUT2D eigenvalue weighted by molar-refractivity contribution is -0.138. The molecule has 0 aliphatic carbocycles. The van der Waals surface area contributed by atoms with Crippen LogP contribution in [0, 0.1) is 0 Å². The highest BCUT2D eigenvalue weighted by Crippen LogP contribution is 2.36. The van der Waals surface area contributed by atoms with E-state index in [4.69, 9.17) is 4.42 Å². The van der Waals surface area contributed by atoms with E-state index in [2.05, 4.69) is 20.7 Å². The minimum Gasteiger partial charge on any atom is -0.423 e. The molecule has 0 aliphatic heterocycles. The van der Waals surface area contributed by atoms with Crippen molar-refractivity contribution in [3.63, 3.8) is 0 Å². The van der Waals surface area contributed by atoms with Crippen LogP contribution in [0.25, 0.3) is 11.0 Å². The highest BCUT2D eigenvalue weighted by molar-refractivity contribution is 9.10. The van der Waals surface area contributed by atoms with Crippen LogP contribution in [0.15, 0.2) is 67.1 Å². The summed E-state index contributed by atoms with van der Waals surface area (Å²) in [6.45, 7) is 0. The number of sulfonamides is 1. The normalized spacial score (nSPS) is 12.3. The largest absolute Gasteiger partial charge is 0.423 e. The van der Waals surface area contributed by atoms with Crippen LogP contribution in [-0.2, 0) is 16.2 Å². The molecule has 3 rings (SSSR count). The van der Waals surface area contributed by atoms with Crippen LogP contribution < -0.4 is 10.3 Å². The van der Waals surface area contributed by atoms with E-state index >= 15 is 0 Å². The first-order chi connectivity index (χ1) is 12.1. The average Bonchev–Trinajstić information content (AvgIpc) is 2.54. The Labute approximate surface area is 153 Å². The monoisotopic (exact) mass is 447 g/mol. The molecule has 0 saturated carbocycles. The minimum atomic E-state index is -4.64. The molecule has 1 heterocycles. The summed E-state index contributed by atoms with van der Waals surface area (Å²) in [4.78, 5) is 11.0. The maximum Gasteiger partial charge on any atom is 0.417 e. The van der Waals surface area contributed by atoms with Gasteiger partial charge in [-0.25, -0.2) is 13.2 Å². The Morgan fingerprint density at radius 1 is 1.00 bits per heavy atom. The van der Waals surface area contributed by atoms with Gasteiger partial charge in [0.1, 0.15) is 5.58 Å². The summed E-state index contributed by atoms with van der Waals surface area (Å²) >= 11 is 2.79. The van der Waals surface area contributed by atoms with Crippen LogP contribution in [0.1, 0.15) is 5.56 Å². The third kappa shape index (κ3) is 3.75. The van der Waals surface area contributed by atoms with Gasteiger partial charge in [-0.2, -0.15) is 13.2 Å². The van der Waals surface area contributed by atoms with Gasteiger partial charge in [0.05, 0.1) is 10.5 Å². The number of hydrogen-bond acceptors (Lipinski definition) is 4. The number of benzene rings is 2. The van der Waals surface area contributed by atoms with Gasteiger partial charge in [-0.15, -0.1) is 0 Å². The van der Waals surface area contributed by atoms with Gasteiger partial charge >= 0.3 is 11.8 Å². The summed E-state index contributed by atoms with van der Waals surface area (Å²) in [5.74, 6) is 0. The zero-order chi connectivity index (χ0) is 19.1. The zero-order valence-electron chi connectivity index (χ0n) is 12.7. The predicted molar refractivity (Wildman–Crippen MR) is 92.4 cm³/mol. The van der Waals surface area contributed by atoms with E-state index < -0.39 is 27.4 Å². The van der Waals surface area contributed by atoms with Crippen molar-refractivity contribution < 1.29 is 26.0 Å². The summed E-state index contributed by atoms with van der Waals surface area (Å²) in [7, 11) is -4.14. The maximum absolute atomic E-state index is 12.9. The van der Waals surface area contributed by atoms with Crippen molar-refractivity contribution in [1.82, 2.24) is 0 Å². The van der Waals surface area contributed by atoms with Gasteiger partial charge in [-0.3, -0.25) is 4.72 Å². The van der Waals surface area contributed by atoms with E-state index in [1.54, 1.807) is 0 Å². The summed E-state index contributed by atoms with van der Waals surface area (Å²) in [6, 6.07) is 9.28. The molecule has 3 aromatic rings. The second kappa shape index (κ2) is 6.44. The van der Waals surface area contributed by atoms with E-state index in [1.807, 2.05) is 0 Å². The fourth-order valence-corrected chi connectivity index (χ4v) is 3.79. The Balaban J connectivity index is 1.99. The lowest BCUT2D eigenvalue weighted by Crippen LogP contribution is -2.14. The van der Waals surface area contributed by atoms with E-state index in [1.165, 1.54) is 30.3 Å². The summed E-state index contributed by atoms with van der Waals surface area (Å²) in [5, 5.41) is 0.360. The van der Waals surface area contributed by atoms with E-state index in [0.717, 1.165) is 12.1 Å². The van der Waals surface area contributed by atoms with Crippen LogP contribution in [0.5, 0.6) is 0 Å². The molecule has 26 heavy (non-hydrogen) atoms. The summed E-state index contributed by atoms with van der Waals surface area (Å²) in [6.07, 6.45) is -4.64. The molecule has 2 aromatic carbocycles. The van der Waals surface area contributed by atoms with Crippen molar-refractivity contribution in [2.45, 2.75) is 11.1 Å². The lowest BCUT2D eigenvalue weighted by atomic mass is 10.2. The van der Waals surface area contributed by atoms with Crippen molar-refractivity contribution in [3.8, 4) is 0 Å². The third-order valence-electron chi connectivity index (χ3n) is 3.43. The standard InChI is InChI=1S/C16H9BrF3NO4S/c17-13-4-2-10(8-12(13)16(18,19)20)21-26(23,24)11-3-5-14-9(7-11)1-6-15(22)25-14/h1-8,21H. The predicted octanol–water partition coefficient (Wildman–Crippen LogP) is 4.38. The topological polar surface area (TPSA) is 76.4 Å². The number of hydrogen-bond donors (Lipinski definition) is 1.